The highest BCUT2D eigenvalue weighted by molar-refractivity contribution is 7.98. The molecule has 0 aliphatic heterocycles. The molecule has 0 aromatic heterocycles. The Hall–Kier alpha value is -2.27. The van der Waals surface area contributed by atoms with E-state index >= 15 is 0 Å². The molecule has 2 aromatic carbocycles. The molecule has 0 saturated heterocycles. The van der Waals surface area contributed by atoms with Crippen molar-refractivity contribution < 1.29 is 9.59 Å². The number of unbranched alkanes of at least 4 members (excludes halogenated alkanes) is 4. The third-order valence-electron chi connectivity index (χ3n) is 4.86. The van der Waals surface area contributed by atoms with Crippen molar-refractivity contribution in [2.75, 3.05) is 5.75 Å². The molecular formula is C25H34N2O2S. The molecule has 0 radical (unpaired) electrons. The standard InChI is InChI=1S/C25H34N2O2S/c1-2-3-4-5-12-17-24(28)27-23(20-30-19-22-15-10-7-11-16-22)25(29)26-18-21-13-8-6-9-14-21/h6-11,13-16,23H,2-5,12,17-20H2,1H3,(H,26,29)(H,27,28). The Kier molecular flexibility index (Phi) is 11.7. The van der Waals surface area contributed by atoms with Gasteiger partial charge in [0.2, 0.25) is 11.8 Å². The molecular weight excluding hydrogens is 392 g/mol. The van der Waals surface area contributed by atoms with E-state index in [1.165, 1.54) is 18.4 Å². The fraction of sp³-hybridized carbons (Fsp3) is 0.440. The van der Waals surface area contributed by atoms with Gasteiger partial charge in [-0.25, -0.2) is 0 Å². The second-order valence-electron chi connectivity index (χ2n) is 7.49. The van der Waals surface area contributed by atoms with Gasteiger partial charge in [-0.3, -0.25) is 9.59 Å². The number of thioether (sulfide) groups is 1. The summed E-state index contributed by atoms with van der Waals surface area (Å²) < 4.78 is 0. The van der Waals surface area contributed by atoms with Gasteiger partial charge >= 0.3 is 0 Å². The fourth-order valence-electron chi connectivity index (χ4n) is 3.12. The zero-order valence-corrected chi connectivity index (χ0v) is 18.8. The monoisotopic (exact) mass is 426 g/mol. The van der Waals surface area contributed by atoms with E-state index in [-0.39, 0.29) is 11.8 Å². The molecule has 0 bridgehead atoms. The first-order valence-corrected chi connectivity index (χ1v) is 12.1. The van der Waals surface area contributed by atoms with Crippen molar-refractivity contribution in [1.82, 2.24) is 10.6 Å². The van der Waals surface area contributed by atoms with Crippen LogP contribution in [0.2, 0.25) is 0 Å². The van der Waals surface area contributed by atoms with Gasteiger partial charge < -0.3 is 10.6 Å². The second kappa shape index (κ2) is 14.7. The summed E-state index contributed by atoms with van der Waals surface area (Å²) in [5, 5.41) is 5.93. The van der Waals surface area contributed by atoms with Crippen LogP contribution < -0.4 is 10.6 Å². The van der Waals surface area contributed by atoms with E-state index in [1.54, 1.807) is 11.8 Å². The summed E-state index contributed by atoms with van der Waals surface area (Å²) in [6.07, 6.45) is 5.99. The molecule has 2 aromatic rings. The summed E-state index contributed by atoms with van der Waals surface area (Å²) >= 11 is 1.67. The minimum absolute atomic E-state index is 0.0355. The van der Waals surface area contributed by atoms with Gasteiger partial charge in [0.05, 0.1) is 0 Å². The topological polar surface area (TPSA) is 58.2 Å². The molecule has 0 aliphatic carbocycles. The molecule has 1 unspecified atom stereocenters. The molecule has 0 aliphatic rings. The first-order chi connectivity index (χ1) is 14.7. The van der Waals surface area contributed by atoms with Crippen molar-refractivity contribution in [1.29, 1.82) is 0 Å². The summed E-state index contributed by atoms with van der Waals surface area (Å²) in [6, 6.07) is 19.5. The number of nitrogens with one attached hydrogen (secondary N) is 2. The Bertz CT molecular complexity index is 737. The van der Waals surface area contributed by atoms with Gasteiger partial charge in [0, 0.05) is 24.5 Å². The van der Waals surface area contributed by atoms with E-state index in [0.29, 0.717) is 18.7 Å². The third kappa shape index (κ3) is 9.97. The smallest absolute Gasteiger partial charge is 0.243 e. The maximum absolute atomic E-state index is 12.8. The molecule has 4 nitrogen and oxygen atoms in total. The zero-order valence-electron chi connectivity index (χ0n) is 17.9. The van der Waals surface area contributed by atoms with Crippen molar-refractivity contribution in [3.63, 3.8) is 0 Å². The molecule has 0 spiro atoms. The zero-order chi connectivity index (χ0) is 21.4. The fourth-order valence-corrected chi connectivity index (χ4v) is 4.13. The molecule has 0 fully saturated rings. The third-order valence-corrected chi connectivity index (χ3v) is 5.97. The predicted octanol–water partition coefficient (Wildman–Crippen LogP) is 5.08. The van der Waals surface area contributed by atoms with Crippen LogP contribution in [0.25, 0.3) is 0 Å². The van der Waals surface area contributed by atoms with Crippen LogP contribution in [0.15, 0.2) is 60.7 Å². The lowest BCUT2D eigenvalue weighted by atomic mass is 10.1. The second-order valence-corrected chi connectivity index (χ2v) is 8.52. The minimum atomic E-state index is -0.523. The Balaban J connectivity index is 1.84. The highest BCUT2D eigenvalue weighted by atomic mass is 32.2. The van der Waals surface area contributed by atoms with Crippen LogP contribution in [0.3, 0.4) is 0 Å². The SMILES string of the molecule is CCCCCCCC(=O)NC(CSCc1ccccc1)C(=O)NCc1ccccc1. The number of benzene rings is 2. The maximum Gasteiger partial charge on any atom is 0.243 e. The molecule has 30 heavy (non-hydrogen) atoms. The summed E-state index contributed by atoms with van der Waals surface area (Å²) in [6.45, 7) is 2.64. The number of carbonyl (C=O) groups excluding carboxylic acids is 2. The van der Waals surface area contributed by atoms with E-state index in [4.69, 9.17) is 0 Å². The molecule has 2 amide bonds. The highest BCUT2D eigenvalue weighted by Gasteiger charge is 2.20. The number of amides is 2. The quantitative estimate of drug-likeness (QED) is 0.414. The van der Waals surface area contributed by atoms with Crippen molar-refractivity contribution >= 4 is 23.6 Å². The summed E-state index contributed by atoms with van der Waals surface area (Å²) in [7, 11) is 0. The van der Waals surface area contributed by atoms with Gasteiger partial charge in [0.25, 0.3) is 0 Å². The van der Waals surface area contributed by atoms with E-state index < -0.39 is 6.04 Å². The van der Waals surface area contributed by atoms with Crippen LogP contribution in [0.4, 0.5) is 0 Å². The highest BCUT2D eigenvalue weighted by Crippen LogP contribution is 2.13. The van der Waals surface area contributed by atoms with E-state index in [9.17, 15) is 9.59 Å². The normalized spacial score (nSPS) is 11.6. The average Bonchev–Trinajstić information content (AvgIpc) is 2.78. The lowest BCUT2D eigenvalue weighted by Crippen LogP contribution is -2.48. The molecule has 2 N–H and O–H groups in total. The Morgan fingerprint density at radius 1 is 0.867 bits per heavy atom. The molecule has 162 valence electrons. The average molecular weight is 427 g/mol. The van der Waals surface area contributed by atoms with Crippen LogP contribution >= 0.6 is 11.8 Å². The van der Waals surface area contributed by atoms with Crippen LogP contribution in [0.1, 0.15) is 56.6 Å². The van der Waals surface area contributed by atoms with Crippen molar-refractivity contribution in [3.8, 4) is 0 Å². The van der Waals surface area contributed by atoms with Gasteiger partial charge in [0.15, 0.2) is 0 Å². The number of rotatable bonds is 14. The van der Waals surface area contributed by atoms with Crippen molar-refractivity contribution in [3.05, 3.63) is 71.8 Å². The van der Waals surface area contributed by atoms with Crippen molar-refractivity contribution in [2.24, 2.45) is 0 Å². The van der Waals surface area contributed by atoms with Gasteiger partial charge in [0.1, 0.15) is 6.04 Å². The molecule has 1 atom stereocenters. The lowest BCUT2D eigenvalue weighted by Gasteiger charge is -2.18. The number of hydrogen-bond acceptors (Lipinski definition) is 3. The van der Waals surface area contributed by atoms with E-state index in [0.717, 1.165) is 30.6 Å². The molecule has 0 saturated carbocycles. The van der Waals surface area contributed by atoms with Gasteiger partial charge in [-0.05, 0) is 17.5 Å². The van der Waals surface area contributed by atoms with Crippen LogP contribution in [0.5, 0.6) is 0 Å². The first kappa shape index (κ1) is 24.0. The molecule has 5 heteroatoms. The van der Waals surface area contributed by atoms with E-state index in [1.807, 2.05) is 48.5 Å². The lowest BCUT2D eigenvalue weighted by molar-refractivity contribution is -0.128. The largest absolute Gasteiger partial charge is 0.350 e. The Morgan fingerprint density at radius 3 is 2.17 bits per heavy atom. The summed E-state index contributed by atoms with van der Waals surface area (Å²) in [5.41, 5.74) is 2.26. The minimum Gasteiger partial charge on any atom is -0.350 e. The van der Waals surface area contributed by atoms with E-state index in [2.05, 4.69) is 29.7 Å². The van der Waals surface area contributed by atoms with Crippen LogP contribution in [-0.4, -0.2) is 23.6 Å². The van der Waals surface area contributed by atoms with Crippen LogP contribution in [-0.2, 0) is 21.9 Å². The van der Waals surface area contributed by atoms with Gasteiger partial charge in [-0.1, -0.05) is 93.3 Å². The Morgan fingerprint density at radius 2 is 1.50 bits per heavy atom. The van der Waals surface area contributed by atoms with Gasteiger partial charge in [-0.15, -0.1) is 0 Å². The summed E-state index contributed by atoms with van der Waals surface area (Å²) in [4.78, 5) is 25.2. The first-order valence-electron chi connectivity index (χ1n) is 10.9. The number of hydrogen-bond donors (Lipinski definition) is 2. The van der Waals surface area contributed by atoms with Crippen molar-refractivity contribution in [2.45, 2.75) is 63.8 Å². The van der Waals surface area contributed by atoms with Crippen LogP contribution in [0, 0.1) is 0 Å². The Labute approximate surface area is 185 Å². The molecule has 2 rings (SSSR count). The number of carbonyl (C=O) groups is 2. The maximum atomic E-state index is 12.8. The van der Waals surface area contributed by atoms with Gasteiger partial charge in [-0.2, -0.15) is 11.8 Å². The molecule has 0 heterocycles. The predicted molar refractivity (Wildman–Crippen MR) is 126 cm³/mol. The summed E-state index contributed by atoms with van der Waals surface area (Å²) in [5.74, 6) is 1.21.